The van der Waals surface area contributed by atoms with E-state index in [1.165, 1.54) is 49.4 Å². The summed E-state index contributed by atoms with van der Waals surface area (Å²) in [5, 5.41) is 5.45. The second-order valence-electron chi connectivity index (χ2n) is 6.26. The van der Waals surface area contributed by atoms with E-state index in [0.29, 0.717) is 0 Å². The van der Waals surface area contributed by atoms with Gasteiger partial charge in [-0.05, 0) is 62.7 Å². The third kappa shape index (κ3) is 1.47. The van der Waals surface area contributed by atoms with E-state index in [1.54, 1.807) is 0 Å². The van der Waals surface area contributed by atoms with Crippen LogP contribution < -0.4 is 0 Å². The molecule has 1 aliphatic rings. The fourth-order valence-electron chi connectivity index (χ4n) is 3.96. The Morgan fingerprint density at radius 2 is 1.55 bits per heavy atom. The first-order chi connectivity index (χ1) is 10.8. The van der Waals surface area contributed by atoms with Crippen molar-refractivity contribution in [3.05, 3.63) is 83.4 Å². The van der Waals surface area contributed by atoms with E-state index in [0.717, 1.165) is 6.42 Å². The average Bonchev–Trinajstić information content (AvgIpc) is 2.95. The zero-order valence-electron chi connectivity index (χ0n) is 12.6. The van der Waals surface area contributed by atoms with E-state index in [9.17, 15) is 0 Å². The van der Waals surface area contributed by atoms with Crippen molar-refractivity contribution in [1.29, 1.82) is 0 Å². The van der Waals surface area contributed by atoms with Gasteiger partial charge in [-0.2, -0.15) is 0 Å². The maximum atomic E-state index is 2.31. The van der Waals surface area contributed by atoms with Gasteiger partial charge in [0.25, 0.3) is 0 Å². The van der Waals surface area contributed by atoms with Crippen molar-refractivity contribution < 1.29 is 0 Å². The smallest absolute Gasteiger partial charge is 0.00106 e. The van der Waals surface area contributed by atoms with Crippen LogP contribution in [-0.2, 0) is 6.42 Å². The Morgan fingerprint density at radius 1 is 0.727 bits per heavy atom. The summed E-state index contributed by atoms with van der Waals surface area (Å²) >= 11 is 0. The number of aryl methyl sites for hydroxylation is 1. The Balaban J connectivity index is 2.02. The van der Waals surface area contributed by atoms with Crippen molar-refractivity contribution in [3.8, 4) is 11.1 Å². The van der Waals surface area contributed by atoms with Gasteiger partial charge in [-0.3, -0.25) is 0 Å². The first-order valence-electron chi connectivity index (χ1n) is 7.85. The molecule has 0 bridgehead atoms. The van der Waals surface area contributed by atoms with Gasteiger partial charge in [0.1, 0.15) is 0 Å². The number of fused-ring (bicyclic) bond motifs is 7. The Labute approximate surface area is 130 Å². The lowest BCUT2D eigenvalue weighted by Gasteiger charge is -2.10. The van der Waals surface area contributed by atoms with Gasteiger partial charge < -0.3 is 0 Å². The molecule has 0 amide bonds. The van der Waals surface area contributed by atoms with E-state index in [-0.39, 0.29) is 0 Å². The monoisotopic (exact) mass is 280 g/mol. The Morgan fingerprint density at radius 3 is 2.50 bits per heavy atom. The first-order valence-corrected chi connectivity index (χ1v) is 7.85. The minimum Gasteiger partial charge on any atom is -0.0616 e. The quantitative estimate of drug-likeness (QED) is 0.311. The number of rotatable bonds is 0. The summed E-state index contributed by atoms with van der Waals surface area (Å²) in [4.78, 5) is 0. The largest absolute Gasteiger partial charge is 0.0616 e. The average molecular weight is 280 g/mol. The van der Waals surface area contributed by atoms with E-state index in [2.05, 4.69) is 73.7 Å². The predicted molar refractivity (Wildman–Crippen MR) is 94.4 cm³/mol. The fourth-order valence-corrected chi connectivity index (χ4v) is 3.96. The van der Waals surface area contributed by atoms with Gasteiger partial charge >= 0.3 is 0 Å². The van der Waals surface area contributed by atoms with Crippen LogP contribution >= 0.6 is 0 Å². The summed E-state index contributed by atoms with van der Waals surface area (Å²) < 4.78 is 0. The SMILES string of the molecule is Cc1cccc2c1Cc1ccc3ccc4ccccc4c3c1-2. The van der Waals surface area contributed by atoms with Crippen LogP contribution in [0.4, 0.5) is 0 Å². The molecule has 104 valence electrons. The molecule has 1 aliphatic carbocycles. The molecule has 0 heterocycles. The number of benzene rings is 4. The summed E-state index contributed by atoms with van der Waals surface area (Å²) in [7, 11) is 0. The normalized spacial score (nSPS) is 12.6. The van der Waals surface area contributed by atoms with Gasteiger partial charge in [0.15, 0.2) is 0 Å². The molecule has 0 spiro atoms. The highest BCUT2D eigenvalue weighted by Gasteiger charge is 2.22. The van der Waals surface area contributed by atoms with Gasteiger partial charge in [0.2, 0.25) is 0 Å². The van der Waals surface area contributed by atoms with Gasteiger partial charge in [-0.1, -0.05) is 66.7 Å². The van der Waals surface area contributed by atoms with Crippen LogP contribution in [0.15, 0.2) is 66.7 Å². The van der Waals surface area contributed by atoms with Crippen molar-refractivity contribution in [1.82, 2.24) is 0 Å². The molecule has 0 N–H and O–H groups in total. The van der Waals surface area contributed by atoms with E-state index >= 15 is 0 Å². The molecule has 4 aromatic carbocycles. The zero-order chi connectivity index (χ0) is 14.7. The minimum atomic E-state index is 1.07. The number of hydrogen-bond donors (Lipinski definition) is 0. The standard InChI is InChI=1S/C22H16/c1-14-5-4-8-19-20(14)13-17-12-11-16-10-9-15-6-2-3-7-18(15)21(16)22(17)19/h2-12H,13H2,1H3. The summed E-state index contributed by atoms with van der Waals surface area (Å²) in [6, 6.07) is 24.5. The van der Waals surface area contributed by atoms with Gasteiger partial charge in [-0.15, -0.1) is 0 Å². The van der Waals surface area contributed by atoms with E-state index in [1.807, 2.05) is 0 Å². The summed E-state index contributed by atoms with van der Waals surface area (Å²) in [5.74, 6) is 0. The second-order valence-corrected chi connectivity index (χ2v) is 6.26. The third-order valence-corrected chi connectivity index (χ3v) is 5.04. The maximum Gasteiger partial charge on any atom is -0.00106 e. The Bertz CT molecular complexity index is 1050. The lowest BCUT2D eigenvalue weighted by molar-refractivity contribution is 1.22. The van der Waals surface area contributed by atoms with Gasteiger partial charge in [0.05, 0.1) is 0 Å². The molecule has 22 heavy (non-hydrogen) atoms. The summed E-state index contributed by atoms with van der Waals surface area (Å²) in [5.41, 5.74) is 7.25. The second kappa shape index (κ2) is 4.20. The van der Waals surface area contributed by atoms with Crippen LogP contribution in [0.1, 0.15) is 16.7 Å². The Kier molecular flexibility index (Phi) is 2.29. The molecule has 0 aliphatic heterocycles. The highest BCUT2D eigenvalue weighted by molar-refractivity contribution is 6.16. The molecule has 0 unspecified atom stereocenters. The van der Waals surface area contributed by atoms with Gasteiger partial charge in [-0.25, -0.2) is 0 Å². The highest BCUT2D eigenvalue weighted by Crippen LogP contribution is 2.44. The van der Waals surface area contributed by atoms with Crippen LogP contribution in [0.2, 0.25) is 0 Å². The van der Waals surface area contributed by atoms with Crippen LogP contribution in [0, 0.1) is 6.92 Å². The van der Waals surface area contributed by atoms with Crippen molar-refractivity contribution >= 4 is 21.5 Å². The molecule has 0 saturated carbocycles. The molecule has 0 radical (unpaired) electrons. The van der Waals surface area contributed by atoms with E-state index in [4.69, 9.17) is 0 Å². The summed E-state index contributed by atoms with van der Waals surface area (Å²) in [6.07, 6.45) is 1.07. The molecule has 4 aromatic rings. The van der Waals surface area contributed by atoms with E-state index < -0.39 is 0 Å². The molecule has 0 fully saturated rings. The third-order valence-electron chi connectivity index (χ3n) is 5.04. The van der Waals surface area contributed by atoms with Crippen molar-refractivity contribution in [3.63, 3.8) is 0 Å². The first kappa shape index (κ1) is 12.0. The zero-order valence-corrected chi connectivity index (χ0v) is 12.6. The van der Waals surface area contributed by atoms with Crippen LogP contribution in [0.25, 0.3) is 32.7 Å². The molecule has 5 rings (SSSR count). The molecule has 0 nitrogen and oxygen atoms in total. The minimum absolute atomic E-state index is 1.07. The number of hydrogen-bond acceptors (Lipinski definition) is 0. The van der Waals surface area contributed by atoms with Crippen molar-refractivity contribution in [2.75, 3.05) is 0 Å². The van der Waals surface area contributed by atoms with Gasteiger partial charge in [0, 0.05) is 0 Å². The Hall–Kier alpha value is -2.60. The van der Waals surface area contributed by atoms with Crippen molar-refractivity contribution in [2.45, 2.75) is 13.3 Å². The van der Waals surface area contributed by atoms with Crippen LogP contribution in [0.5, 0.6) is 0 Å². The fraction of sp³-hybridized carbons (Fsp3) is 0.0909. The topological polar surface area (TPSA) is 0 Å². The van der Waals surface area contributed by atoms with Crippen LogP contribution in [-0.4, -0.2) is 0 Å². The predicted octanol–water partition coefficient (Wildman–Crippen LogP) is 5.87. The lowest BCUT2D eigenvalue weighted by atomic mass is 9.93. The summed E-state index contributed by atoms with van der Waals surface area (Å²) in [6.45, 7) is 2.23. The van der Waals surface area contributed by atoms with Crippen LogP contribution in [0.3, 0.4) is 0 Å². The molecular formula is C22H16. The molecular weight excluding hydrogens is 264 g/mol. The lowest BCUT2D eigenvalue weighted by Crippen LogP contribution is -1.84. The molecule has 0 atom stereocenters. The molecule has 0 saturated heterocycles. The maximum absolute atomic E-state index is 2.31. The molecule has 0 heteroatoms. The molecule has 0 aromatic heterocycles. The highest BCUT2D eigenvalue weighted by atomic mass is 14.3. The van der Waals surface area contributed by atoms with Crippen molar-refractivity contribution in [2.24, 2.45) is 0 Å².